The molecule has 1 atom stereocenters. The molecular formula is C33H48N4. The number of nitrogen functional groups attached to an aromatic ring is 2. The van der Waals surface area contributed by atoms with Crippen LogP contribution < -0.4 is 16.8 Å². The van der Waals surface area contributed by atoms with Crippen molar-refractivity contribution >= 4 is 23.5 Å². The smallest absolute Gasteiger partial charge is 0.0663 e. The molecule has 0 heterocycles. The van der Waals surface area contributed by atoms with Crippen molar-refractivity contribution < 1.29 is 0 Å². The van der Waals surface area contributed by atoms with Crippen LogP contribution in [0.3, 0.4) is 0 Å². The Kier molecular flexibility index (Phi) is 17.5. The summed E-state index contributed by atoms with van der Waals surface area (Å²) in [7, 11) is 6.07. The van der Waals surface area contributed by atoms with E-state index < -0.39 is 0 Å². The Morgan fingerprint density at radius 2 is 1.24 bits per heavy atom. The van der Waals surface area contributed by atoms with Gasteiger partial charge in [0.05, 0.1) is 6.04 Å². The molecule has 0 amide bonds. The number of benzene rings is 2. The van der Waals surface area contributed by atoms with Gasteiger partial charge in [-0.1, -0.05) is 101 Å². The Labute approximate surface area is 226 Å². The molecule has 5 N–H and O–H groups in total. The minimum Gasteiger partial charge on any atom is -0.399 e. The highest BCUT2D eigenvalue weighted by Crippen LogP contribution is 2.17. The van der Waals surface area contributed by atoms with Crippen molar-refractivity contribution in [2.75, 3.05) is 32.6 Å². The van der Waals surface area contributed by atoms with Gasteiger partial charge in [-0.05, 0) is 66.6 Å². The SMILES string of the molecule is C=CC(/C=C/c1ccc(N)cc1)=C\C(NC)/C(=C/C(=C\C)/C=C/c1ccc(N)cc1)N(C)C.CC.CC. The van der Waals surface area contributed by atoms with Crippen molar-refractivity contribution in [3.05, 3.63) is 120 Å². The summed E-state index contributed by atoms with van der Waals surface area (Å²) in [6.45, 7) is 14.0. The third-order valence-corrected chi connectivity index (χ3v) is 5.20. The molecule has 0 fully saturated rings. The first-order valence-corrected chi connectivity index (χ1v) is 13.0. The zero-order valence-electron chi connectivity index (χ0n) is 24.1. The molecule has 2 rings (SSSR count). The van der Waals surface area contributed by atoms with Crippen molar-refractivity contribution in [3.8, 4) is 0 Å². The van der Waals surface area contributed by atoms with E-state index in [4.69, 9.17) is 11.5 Å². The molecule has 0 aliphatic rings. The zero-order chi connectivity index (χ0) is 28.2. The van der Waals surface area contributed by atoms with Crippen LogP contribution in [0.25, 0.3) is 12.2 Å². The van der Waals surface area contributed by atoms with Gasteiger partial charge in [-0.25, -0.2) is 0 Å². The van der Waals surface area contributed by atoms with Gasteiger partial charge in [0.1, 0.15) is 0 Å². The fourth-order valence-corrected chi connectivity index (χ4v) is 3.20. The second-order valence-electron chi connectivity index (χ2n) is 7.89. The minimum atomic E-state index is 0.00365. The fourth-order valence-electron chi connectivity index (χ4n) is 3.20. The Hall–Kier alpha value is -3.76. The van der Waals surface area contributed by atoms with Crippen LogP contribution in [0.1, 0.15) is 45.7 Å². The average molecular weight is 501 g/mol. The first-order chi connectivity index (χ1) is 17.9. The van der Waals surface area contributed by atoms with Gasteiger partial charge in [0.15, 0.2) is 0 Å². The van der Waals surface area contributed by atoms with Gasteiger partial charge in [0.25, 0.3) is 0 Å². The van der Waals surface area contributed by atoms with E-state index in [2.05, 4.69) is 73.4 Å². The highest BCUT2D eigenvalue weighted by Gasteiger charge is 2.12. The van der Waals surface area contributed by atoms with E-state index in [9.17, 15) is 0 Å². The maximum Gasteiger partial charge on any atom is 0.0663 e. The summed E-state index contributed by atoms with van der Waals surface area (Å²) in [6.07, 6.45) is 16.7. The fraction of sp³-hybridized carbons (Fsp3) is 0.273. The molecule has 0 saturated heterocycles. The molecule has 0 aliphatic carbocycles. The van der Waals surface area contributed by atoms with Crippen molar-refractivity contribution in [2.45, 2.75) is 40.7 Å². The highest BCUT2D eigenvalue weighted by molar-refractivity contribution is 5.59. The second-order valence-corrected chi connectivity index (χ2v) is 7.89. The van der Waals surface area contributed by atoms with Crippen LogP contribution in [0.5, 0.6) is 0 Å². The summed E-state index contributed by atoms with van der Waals surface area (Å²) < 4.78 is 0. The second kappa shape index (κ2) is 19.4. The topological polar surface area (TPSA) is 67.3 Å². The monoisotopic (exact) mass is 500 g/mol. The first kappa shape index (κ1) is 33.2. The van der Waals surface area contributed by atoms with Crippen molar-refractivity contribution in [1.29, 1.82) is 0 Å². The summed E-state index contributed by atoms with van der Waals surface area (Å²) in [5.41, 5.74) is 18.6. The first-order valence-electron chi connectivity index (χ1n) is 13.0. The summed E-state index contributed by atoms with van der Waals surface area (Å²) in [4.78, 5) is 2.13. The van der Waals surface area contributed by atoms with Gasteiger partial charge in [0, 0.05) is 31.2 Å². The van der Waals surface area contributed by atoms with E-state index in [-0.39, 0.29) is 6.04 Å². The number of hydrogen-bond donors (Lipinski definition) is 3. The van der Waals surface area contributed by atoms with E-state index in [0.29, 0.717) is 0 Å². The molecule has 0 saturated carbocycles. The van der Waals surface area contributed by atoms with E-state index in [1.54, 1.807) is 0 Å². The molecule has 200 valence electrons. The summed E-state index contributed by atoms with van der Waals surface area (Å²) in [5.74, 6) is 0. The number of anilines is 2. The molecule has 0 bridgehead atoms. The number of allylic oxidation sites excluding steroid dienone is 7. The van der Waals surface area contributed by atoms with Crippen LogP contribution in [0.2, 0.25) is 0 Å². The molecule has 37 heavy (non-hydrogen) atoms. The summed E-state index contributed by atoms with van der Waals surface area (Å²) in [6, 6.07) is 15.6. The number of nitrogens with one attached hydrogen (secondary N) is 1. The van der Waals surface area contributed by atoms with Crippen molar-refractivity contribution in [1.82, 2.24) is 10.2 Å². The molecule has 2 aromatic carbocycles. The molecular weight excluding hydrogens is 452 g/mol. The largest absolute Gasteiger partial charge is 0.399 e. The molecule has 0 aromatic heterocycles. The van der Waals surface area contributed by atoms with Gasteiger partial charge in [0.2, 0.25) is 0 Å². The van der Waals surface area contributed by atoms with Crippen LogP contribution in [0, 0.1) is 0 Å². The lowest BCUT2D eigenvalue weighted by molar-refractivity contribution is 0.462. The number of hydrogen-bond acceptors (Lipinski definition) is 4. The maximum atomic E-state index is 5.79. The van der Waals surface area contributed by atoms with E-state index in [0.717, 1.165) is 39.3 Å². The van der Waals surface area contributed by atoms with Gasteiger partial charge < -0.3 is 21.7 Å². The quantitative estimate of drug-likeness (QED) is 0.231. The van der Waals surface area contributed by atoms with Crippen LogP contribution >= 0.6 is 0 Å². The van der Waals surface area contributed by atoms with E-state index in [1.807, 2.05) is 96.3 Å². The lowest BCUT2D eigenvalue weighted by Gasteiger charge is -2.25. The predicted octanol–water partition coefficient (Wildman–Crippen LogP) is 7.72. The summed E-state index contributed by atoms with van der Waals surface area (Å²) in [5, 5.41) is 3.41. The minimum absolute atomic E-state index is 0.00365. The van der Waals surface area contributed by atoms with Crippen LogP contribution in [0.15, 0.2) is 108 Å². The van der Waals surface area contributed by atoms with Crippen molar-refractivity contribution in [3.63, 3.8) is 0 Å². The molecule has 4 nitrogen and oxygen atoms in total. The molecule has 4 heteroatoms. The average Bonchev–Trinajstić information content (AvgIpc) is 2.93. The number of nitrogens with two attached hydrogens (primary N) is 2. The Bertz CT molecular complexity index is 1050. The lowest BCUT2D eigenvalue weighted by atomic mass is 10.0. The lowest BCUT2D eigenvalue weighted by Crippen LogP contribution is -2.32. The van der Waals surface area contributed by atoms with Gasteiger partial charge in [-0.2, -0.15) is 0 Å². The normalized spacial score (nSPS) is 12.9. The van der Waals surface area contributed by atoms with Crippen LogP contribution in [-0.2, 0) is 0 Å². The molecule has 0 spiro atoms. The maximum absolute atomic E-state index is 5.79. The third kappa shape index (κ3) is 12.7. The Morgan fingerprint density at radius 3 is 1.59 bits per heavy atom. The van der Waals surface area contributed by atoms with E-state index >= 15 is 0 Å². The number of nitrogens with zero attached hydrogens (tertiary/aromatic N) is 1. The zero-order valence-corrected chi connectivity index (χ0v) is 24.1. The Balaban J connectivity index is 0.00000308. The van der Waals surface area contributed by atoms with E-state index in [1.165, 1.54) is 0 Å². The summed E-state index contributed by atoms with van der Waals surface area (Å²) >= 11 is 0. The molecule has 0 radical (unpaired) electrons. The molecule has 2 aromatic rings. The number of likely N-dealkylation sites (N-methyl/N-ethyl adjacent to an activating group) is 2. The van der Waals surface area contributed by atoms with Crippen LogP contribution in [0.4, 0.5) is 11.4 Å². The highest BCUT2D eigenvalue weighted by atomic mass is 15.1. The van der Waals surface area contributed by atoms with Crippen LogP contribution in [-0.4, -0.2) is 32.1 Å². The van der Waals surface area contributed by atoms with Gasteiger partial charge >= 0.3 is 0 Å². The van der Waals surface area contributed by atoms with Crippen molar-refractivity contribution in [2.24, 2.45) is 0 Å². The number of rotatable bonds is 10. The third-order valence-electron chi connectivity index (χ3n) is 5.20. The van der Waals surface area contributed by atoms with Gasteiger partial charge in [-0.15, -0.1) is 0 Å². The molecule has 0 aliphatic heterocycles. The Morgan fingerprint density at radius 1 is 0.811 bits per heavy atom. The molecule has 1 unspecified atom stereocenters. The predicted molar refractivity (Wildman–Crippen MR) is 169 cm³/mol. The standard InChI is InChI=1S/C29H36N4.2C2H6/c1-6-22(8-10-24-12-16-26(30)17-13-24)20-28(32-3)29(33(4)5)21-23(7-2)9-11-25-14-18-27(31)19-15-25;2*1-2/h6-21,28,32H,1,30-31H2,2-5H3;2*1-2H3/b10-8+,11-9+,22-20+,23-7-,29-21-;;. The van der Waals surface area contributed by atoms with Gasteiger partial charge in [-0.3, -0.25) is 0 Å².